The fourth-order valence-electron chi connectivity index (χ4n) is 1.35. The fourth-order valence-corrected chi connectivity index (χ4v) is 1.53. The normalized spacial score (nSPS) is 17.2. The van der Waals surface area contributed by atoms with Crippen molar-refractivity contribution in [2.45, 2.75) is 0 Å². The van der Waals surface area contributed by atoms with Crippen LogP contribution in [0.3, 0.4) is 0 Å². The van der Waals surface area contributed by atoms with Gasteiger partial charge in [0.1, 0.15) is 5.70 Å². The zero-order valence-corrected chi connectivity index (χ0v) is 9.99. The van der Waals surface area contributed by atoms with Crippen LogP contribution < -0.4 is 0 Å². The van der Waals surface area contributed by atoms with E-state index in [4.69, 9.17) is 17.0 Å². The molecule has 2 rings (SSSR count). The molecule has 1 aliphatic rings. The van der Waals surface area contributed by atoms with Gasteiger partial charge in [0.25, 0.3) is 0 Å². The van der Waals surface area contributed by atoms with E-state index in [-0.39, 0.29) is 0 Å². The molecule has 4 heteroatoms. The molecule has 0 bridgehead atoms. The van der Waals surface area contributed by atoms with Gasteiger partial charge in [-0.25, -0.2) is 4.99 Å². The maximum Gasteiger partial charge on any atom is 0.228 e. The summed E-state index contributed by atoms with van der Waals surface area (Å²) in [5.74, 6) is 0.568. The summed E-state index contributed by atoms with van der Waals surface area (Å²) in [6.45, 7) is 0. The molecule has 0 N–H and O–H groups in total. The van der Waals surface area contributed by atoms with Gasteiger partial charge in [-0.2, -0.15) is 0 Å². The molecule has 0 aliphatic carbocycles. The molecule has 0 amide bonds. The number of hydrogen-bond acceptors (Lipinski definition) is 4. The highest BCUT2D eigenvalue weighted by molar-refractivity contribution is 7.80. The zero-order chi connectivity index (χ0) is 11.5. The molecular formula is C12H12N2OS. The minimum Gasteiger partial charge on any atom is -0.424 e. The first kappa shape index (κ1) is 10.8. The van der Waals surface area contributed by atoms with Gasteiger partial charge in [-0.1, -0.05) is 18.2 Å². The Kier molecular flexibility index (Phi) is 3.01. The van der Waals surface area contributed by atoms with Crippen molar-refractivity contribution in [1.82, 2.24) is 4.90 Å². The van der Waals surface area contributed by atoms with Crippen LogP contribution in [0.1, 0.15) is 5.56 Å². The molecule has 1 aromatic rings. The van der Waals surface area contributed by atoms with Gasteiger partial charge in [0.2, 0.25) is 10.9 Å². The van der Waals surface area contributed by atoms with Gasteiger partial charge in [-0.3, -0.25) is 0 Å². The third-order valence-electron chi connectivity index (χ3n) is 2.02. The Morgan fingerprint density at radius 3 is 2.56 bits per heavy atom. The largest absolute Gasteiger partial charge is 0.424 e. The lowest BCUT2D eigenvalue weighted by atomic mass is 10.2. The van der Waals surface area contributed by atoms with E-state index in [1.54, 1.807) is 0 Å². The number of nitrogens with zero attached hydrogens (tertiary/aromatic N) is 2. The van der Waals surface area contributed by atoms with E-state index in [0.717, 1.165) is 5.56 Å². The number of ether oxygens (including phenoxy) is 1. The molecule has 0 aromatic heterocycles. The summed E-state index contributed by atoms with van der Waals surface area (Å²) >= 11 is 5.10. The van der Waals surface area contributed by atoms with Crippen molar-refractivity contribution in [1.29, 1.82) is 0 Å². The second-order valence-electron chi connectivity index (χ2n) is 3.65. The van der Waals surface area contributed by atoms with Crippen molar-refractivity contribution in [3.8, 4) is 0 Å². The smallest absolute Gasteiger partial charge is 0.228 e. The molecule has 3 nitrogen and oxygen atoms in total. The summed E-state index contributed by atoms with van der Waals surface area (Å²) < 4.78 is 5.45. The van der Waals surface area contributed by atoms with Crippen molar-refractivity contribution in [3.63, 3.8) is 0 Å². The standard InChI is InChI=1S/C12H12N2OS/c1-14(2)8-10-12(16)15-11(13-10)9-6-4-3-5-7-9/h3-8H,1-2H3. The summed E-state index contributed by atoms with van der Waals surface area (Å²) in [5, 5.41) is 0.424. The summed E-state index contributed by atoms with van der Waals surface area (Å²) in [5.41, 5.74) is 1.63. The van der Waals surface area contributed by atoms with Crippen LogP contribution in [-0.4, -0.2) is 29.9 Å². The van der Waals surface area contributed by atoms with Gasteiger partial charge in [-0.15, -0.1) is 0 Å². The van der Waals surface area contributed by atoms with Crippen molar-refractivity contribution in [3.05, 3.63) is 47.8 Å². The van der Waals surface area contributed by atoms with Crippen LogP contribution in [0.2, 0.25) is 0 Å². The maximum absolute atomic E-state index is 5.45. The van der Waals surface area contributed by atoms with E-state index in [1.165, 1.54) is 0 Å². The van der Waals surface area contributed by atoms with E-state index >= 15 is 0 Å². The average Bonchev–Trinajstić information content (AvgIpc) is 2.61. The predicted molar refractivity (Wildman–Crippen MR) is 68.4 cm³/mol. The Balaban J connectivity index is 2.30. The highest BCUT2D eigenvalue weighted by Crippen LogP contribution is 2.17. The lowest BCUT2D eigenvalue weighted by Crippen LogP contribution is -2.06. The van der Waals surface area contributed by atoms with E-state index in [1.807, 2.05) is 55.5 Å². The van der Waals surface area contributed by atoms with Crippen LogP contribution >= 0.6 is 12.2 Å². The number of benzene rings is 1. The van der Waals surface area contributed by atoms with E-state index in [0.29, 0.717) is 16.6 Å². The molecule has 0 atom stereocenters. The molecule has 0 unspecified atom stereocenters. The third-order valence-corrected chi connectivity index (χ3v) is 2.31. The summed E-state index contributed by atoms with van der Waals surface area (Å²) in [6, 6.07) is 9.73. The van der Waals surface area contributed by atoms with E-state index in [9.17, 15) is 0 Å². The minimum absolute atomic E-state index is 0.424. The molecule has 0 radical (unpaired) electrons. The van der Waals surface area contributed by atoms with Crippen molar-refractivity contribution in [2.24, 2.45) is 4.99 Å². The lowest BCUT2D eigenvalue weighted by Gasteiger charge is -2.03. The summed E-state index contributed by atoms with van der Waals surface area (Å²) in [4.78, 5) is 6.24. The van der Waals surface area contributed by atoms with Crippen LogP contribution in [0.15, 0.2) is 47.2 Å². The quantitative estimate of drug-likeness (QED) is 0.577. The highest BCUT2D eigenvalue weighted by Gasteiger charge is 2.20. The Bertz CT molecular complexity index is 463. The lowest BCUT2D eigenvalue weighted by molar-refractivity contribution is 0.555. The SMILES string of the molecule is CN(C)C=C1N=C(c2ccccc2)OC1=S. The average molecular weight is 232 g/mol. The fraction of sp³-hybridized carbons (Fsp3) is 0.167. The van der Waals surface area contributed by atoms with Crippen LogP contribution in [0.5, 0.6) is 0 Å². The summed E-state index contributed by atoms with van der Waals surface area (Å²) in [6.07, 6.45) is 1.85. The van der Waals surface area contributed by atoms with Crippen LogP contribution in [0.4, 0.5) is 0 Å². The van der Waals surface area contributed by atoms with Gasteiger partial charge in [-0.05, 0) is 24.4 Å². The Morgan fingerprint density at radius 1 is 1.25 bits per heavy atom. The first-order valence-electron chi connectivity index (χ1n) is 4.91. The number of rotatable bonds is 2. The molecule has 0 fully saturated rings. The highest BCUT2D eigenvalue weighted by atomic mass is 32.1. The monoisotopic (exact) mass is 232 g/mol. The molecule has 1 aliphatic heterocycles. The van der Waals surface area contributed by atoms with Crippen molar-refractivity contribution in [2.75, 3.05) is 14.1 Å². The van der Waals surface area contributed by atoms with Gasteiger partial charge >= 0.3 is 0 Å². The molecule has 16 heavy (non-hydrogen) atoms. The van der Waals surface area contributed by atoms with Crippen molar-refractivity contribution < 1.29 is 4.74 Å². The predicted octanol–water partition coefficient (Wildman–Crippen LogP) is 2.19. The molecule has 0 spiro atoms. The van der Waals surface area contributed by atoms with Crippen LogP contribution in [0, 0.1) is 0 Å². The van der Waals surface area contributed by atoms with Crippen molar-refractivity contribution >= 4 is 23.2 Å². The second-order valence-corrected chi connectivity index (χ2v) is 4.02. The maximum atomic E-state index is 5.45. The topological polar surface area (TPSA) is 24.8 Å². The van der Waals surface area contributed by atoms with Gasteiger partial charge in [0.05, 0.1) is 0 Å². The third kappa shape index (κ3) is 2.28. The Hall–Kier alpha value is -1.68. The van der Waals surface area contributed by atoms with Gasteiger partial charge < -0.3 is 9.64 Å². The van der Waals surface area contributed by atoms with Gasteiger partial charge in [0, 0.05) is 25.9 Å². The number of hydrogen-bond donors (Lipinski definition) is 0. The van der Waals surface area contributed by atoms with Crippen LogP contribution in [-0.2, 0) is 4.74 Å². The molecule has 0 saturated carbocycles. The second kappa shape index (κ2) is 4.45. The molecule has 1 aromatic carbocycles. The van der Waals surface area contributed by atoms with Gasteiger partial charge in [0.15, 0.2) is 0 Å². The minimum atomic E-state index is 0.424. The zero-order valence-electron chi connectivity index (χ0n) is 9.18. The molecule has 0 saturated heterocycles. The first-order valence-corrected chi connectivity index (χ1v) is 5.32. The summed E-state index contributed by atoms with van der Waals surface area (Å²) in [7, 11) is 3.84. The molecule has 82 valence electrons. The molecular weight excluding hydrogens is 220 g/mol. The molecule has 1 heterocycles. The van der Waals surface area contributed by atoms with E-state index in [2.05, 4.69) is 4.99 Å². The van der Waals surface area contributed by atoms with E-state index < -0.39 is 0 Å². The first-order chi connectivity index (χ1) is 7.66. The Morgan fingerprint density at radius 2 is 1.94 bits per heavy atom. The Labute approximate surface area is 100 Å². The number of aliphatic imine (C=N–C) groups is 1. The number of thiocarbonyl (C=S) groups is 1. The van der Waals surface area contributed by atoms with Crippen LogP contribution in [0.25, 0.3) is 0 Å².